The molecule has 1 saturated carbocycles. The predicted octanol–water partition coefficient (Wildman–Crippen LogP) is 4.39. The lowest BCUT2D eigenvalue weighted by molar-refractivity contribution is -0.118. The topological polar surface area (TPSA) is 57.8 Å². The molecule has 0 spiro atoms. The molecule has 1 amide bonds. The summed E-state index contributed by atoms with van der Waals surface area (Å²) >= 11 is 0. The van der Waals surface area contributed by atoms with Crippen LogP contribution in [-0.2, 0) is 11.3 Å². The van der Waals surface area contributed by atoms with Crippen molar-refractivity contribution in [3.05, 3.63) is 54.1 Å². The van der Waals surface area contributed by atoms with Crippen LogP contribution in [0.15, 0.2) is 48.5 Å². The van der Waals surface area contributed by atoms with Crippen LogP contribution in [0.3, 0.4) is 0 Å². The summed E-state index contributed by atoms with van der Waals surface area (Å²) in [6.45, 7) is 3.06. The maximum atomic E-state index is 12.2. The Bertz CT molecular complexity index is 1060. The molecule has 1 aliphatic rings. The molecular formula is C22H21N3O. The van der Waals surface area contributed by atoms with E-state index in [-0.39, 0.29) is 5.91 Å². The lowest BCUT2D eigenvalue weighted by Gasteiger charge is -2.35. The van der Waals surface area contributed by atoms with E-state index in [1.165, 1.54) is 27.9 Å². The number of hydrogen-bond donors (Lipinski definition) is 1. The van der Waals surface area contributed by atoms with Crippen LogP contribution in [0.5, 0.6) is 0 Å². The minimum Gasteiger partial charge on any atom is -0.341 e. The second-order valence-electron chi connectivity index (χ2n) is 6.91. The highest BCUT2D eigenvalue weighted by molar-refractivity contribution is 6.08. The van der Waals surface area contributed by atoms with Gasteiger partial charge in [-0.1, -0.05) is 24.3 Å². The molecule has 3 aromatic rings. The minimum absolute atomic E-state index is 0.206. The van der Waals surface area contributed by atoms with Gasteiger partial charge in [0.05, 0.1) is 6.07 Å². The summed E-state index contributed by atoms with van der Waals surface area (Å²) in [7, 11) is 0. The van der Waals surface area contributed by atoms with Gasteiger partial charge >= 0.3 is 0 Å². The molecule has 4 heteroatoms. The molecule has 4 nitrogen and oxygen atoms in total. The summed E-state index contributed by atoms with van der Waals surface area (Å²) in [4.78, 5) is 12.2. The van der Waals surface area contributed by atoms with Crippen LogP contribution < -0.4 is 5.32 Å². The third-order valence-corrected chi connectivity index (χ3v) is 5.32. The van der Waals surface area contributed by atoms with E-state index in [1.807, 2.05) is 12.1 Å². The first-order valence-electron chi connectivity index (χ1n) is 9.08. The van der Waals surface area contributed by atoms with Crippen molar-refractivity contribution in [2.45, 2.75) is 38.3 Å². The van der Waals surface area contributed by atoms with Gasteiger partial charge in [0.15, 0.2) is 0 Å². The van der Waals surface area contributed by atoms with E-state index < -0.39 is 5.54 Å². The molecule has 1 aromatic heterocycles. The van der Waals surface area contributed by atoms with Crippen LogP contribution in [0.1, 0.15) is 31.7 Å². The second-order valence-corrected chi connectivity index (χ2v) is 6.91. The van der Waals surface area contributed by atoms with Gasteiger partial charge < -0.3 is 9.88 Å². The van der Waals surface area contributed by atoms with Gasteiger partial charge in [0.2, 0.25) is 5.91 Å². The zero-order chi connectivity index (χ0) is 18.1. The minimum atomic E-state index is -0.653. The molecular weight excluding hydrogens is 322 g/mol. The molecule has 1 N–H and O–H groups in total. The highest BCUT2D eigenvalue weighted by atomic mass is 16.1. The van der Waals surface area contributed by atoms with Crippen LogP contribution in [0.25, 0.3) is 27.9 Å². The van der Waals surface area contributed by atoms with Crippen LogP contribution in [0.2, 0.25) is 0 Å². The largest absolute Gasteiger partial charge is 0.341 e. The fourth-order valence-electron chi connectivity index (χ4n) is 3.76. The Hall–Kier alpha value is -3.06. The lowest BCUT2D eigenvalue weighted by Crippen LogP contribution is -2.51. The standard InChI is InChI=1S/C22H21N3O/c1-2-25-19-7-4-3-6-17(19)18-14-16(8-10-20(18)25)9-11-21(26)24-22(15-23)12-5-13-22/h3-4,6-11,14H,2,5,12-13H2,1H3,(H,24,26). The smallest absolute Gasteiger partial charge is 0.245 e. The number of para-hydroxylation sites is 1. The Morgan fingerprint density at radius 2 is 2.00 bits per heavy atom. The summed E-state index contributed by atoms with van der Waals surface area (Å²) < 4.78 is 2.30. The normalized spacial score (nSPS) is 15.8. The van der Waals surface area contributed by atoms with E-state index >= 15 is 0 Å². The molecule has 0 radical (unpaired) electrons. The number of carbonyl (C=O) groups is 1. The number of fused-ring (bicyclic) bond motifs is 3. The highest BCUT2D eigenvalue weighted by Gasteiger charge is 2.38. The van der Waals surface area contributed by atoms with Gasteiger partial charge in [0.1, 0.15) is 5.54 Å². The van der Waals surface area contributed by atoms with Gasteiger partial charge in [-0.2, -0.15) is 5.26 Å². The molecule has 26 heavy (non-hydrogen) atoms. The highest BCUT2D eigenvalue weighted by Crippen LogP contribution is 2.31. The summed E-state index contributed by atoms with van der Waals surface area (Å²) in [5, 5.41) is 14.5. The van der Waals surface area contributed by atoms with Crippen molar-refractivity contribution >= 4 is 33.8 Å². The van der Waals surface area contributed by atoms with Crippen molar-refractivity contribution in [2.75, 3.05) is 0 Å². The van der Waals surface area contributed by atoms with Crippen molar-refractivity contribution in [3.63, 3.8) is 0 Å². The van der Waals surface area contributed by atoms with Crippen molar-refractivity contribution < 1.29 is 4.79 Å². The molecule has 0 unspecified atom stereocenters. The number of nitriles is 1. The van der Waals surface area contributed by atoms with Crippen LogP contribution >= 0.6 is 0 Å². The van der Waals surface area contributed by atoms with Crippen molar-refractivity contribution in [2.24, 2.45) is 0 Å². The molecule has 0 aliphatic heterocycles. The second kappa shape index (κ2) is 6.34. The zero-order valence-electron chi connectivity index (χ0n) is 14.8. The van der Waals surface area contributed by atoms with E-state index in [9.17, 15) is 10.1 Å². The zero-order valence-corrected chi connectivity index (χ0v) is 14.8. The first-order chi connectivity index (χ1) is 12.7. The van der Waals surface area contributed by atoms with Crippen LogP contribution in [0.4, 0.5) is 0 Å². The maximum Gasteiger partial charge on any atom is 0.245 e. The van der Waals surface area contributed by atoms with E-state index in [1.54, 1.807) is 0 Å². The Labute approximate surface area is 152 Å². The summed E-state index contributed by atoms with van der Waals surface area (Å²) in [5.74, 6) is -0.206. The number of carbonyl (C=O) groups excluding carboxylic acids is 1. The molecule has 130 valence electrons. The van der Waals surface area contributed by atoms with Crippen LogP contribution in [0, 0.1) is 11.3 Å². The van der Waals surface area contributed by atoms with Crippen molar-refractivity contribution in [1.82, 2.24) is 9.88 Å². The average Bonchev–Trinajstić information content (AvgIpc) is 2.96. The van der Waals surface area contributed by atoms with Gasteiger partial charge in [-0.3, -0.25) is 4.79 Å². The molecule has 1 heterocycles. The summed E-state index contributed by atoms with van der Waals surface area (Å²) in [6, 6.07) is 16.9. The molecule has 0 saturated heterocycles. The number of benzene rings is 2. The quantitative estimate of drug-likeness (QED) is 0.714. The molecule has 2 aromatic carbocycles. The van der Waals surface area contributed by atoms with E-state index in [0.29, 0.717) is 0 Å². The van der Waals surface area contributed by atoms with Gasteiger partial charge in [0, 0.05) is 34.4 Å². The van der Waals surface area contributed by atoms with E-state index in [2.05, 4.69) is 59.3 Å². The molecule has 0 atom stereocenters. The predicted molar refractivity (Wildman–Crippen MR) is 104 cm³/mol. The van der Waals surface area contributed by atoms with Crippen LogP contribution in [-0.4, -0.2) is 16.0 Å². The van der Waals surface area contributed by atoms with E-state index in [4.69, 9.17) is 0 Å². The number of amides is 1. The third kappa shape index (κ3) is 2.66. The Kier molecular flexibility index (Phi) is 4.00. The Balaban J connectivity index is 1.64. The maximum absolute atomic E-state index is 12.2. The number of nitrogens with zero attached hydrogens (tertiary/aromatic N) is 2. The molecule has 0 bridgehead atoms. The molecule has 1 aliphatic carbocycles. The number of nitrogens with one attached hydrogen (secondary N) is 1. The van der Waals surface area contributed by atoms with Crippen molar-refractivity contribution in [3.8, 4) is 6.07 Å². The van der Waals surface area contributed by atoms with E-state index in [0.717, 1.165) is 31.4 Å². The summed E-state index contributed by atoms with van der Waals surface area (Å²) in [6.07, 6.45) is 5.82. The fourth-order valence-corrected chi connectivity index (χ4v) is 3.76. The van der Waals surface area contributed by atoms with Gasteiger partial charge in [-0.25, -0.2) is 0 Å². The lowest BCUT2D eigenvalue weighted by atomic mass is 9.78. The first kappa shape index (κ1) is 16.4. The number of aromatic nitrogens is 1. The Morgan fingerprint density at radius 1 is 1.23 bits per heavy atom. The van der Waals surface area contributed by atoms with Gasteiger partial charge in [0.25, 0.3) is 0 Å². The fraction of sp³-hybridized carbons (Fsp3) is 0.273. The number of aryl methyl sites for hydroxylation is 1. The third-order valence-electron chi connectivity index (χ3n) is 5.32. The molecule has 1 fully saturated rings. The van der Waals surface area contributed by atoms with Gasteiger partial charge in [-0.05, 0) is 56.0 Å². The SMILES string of the molecule is CCn1c2ccccc2c2cc(C=CC(=O)NC3(C#N)CCC3)ccc21. The van der Waals surface area contributed by atoms with Gasteiger partial charge in [-0.15, -0.1) is 0 Å². The molecule has 4 rings (SSSR count). The number of rotatable bonds is 4. The van der Waals surface area contributed by atoms with Crippen molar-refractivity contribution in [1.29, 1.82) is 5.26 Å². The Morgan fingerprint density at radius 3 is 2.69 bits per heavy atom. The first-order valence-corrected chi connectivity index (χ1v) is 9.08. The monoisotopic (exact) mass is 343 g/mol. The summed E-state index contributed by atoms with van der Waals surface area (Å²) in [5.41, 5.74) is 2.75. The number of hydrogen-bond acceptors (Lipinski definition) is 2. The average molecular weight is 343 g/mol.